The highest BCUT2D eigenvalue weighted by atomic mass is 35.5. The number of unbranched alkanes of at least 4 members (excludes halogenated alkanes) is 1. The van der Waals surface area contributed by atoms with Gasteiger partial charge in [-0.2, -0.15) is 0 Å². The minimum absolute atomic E-state index is 0.0420. The van der Waals surface area contributed by atoms with Gasteiger partial charge in [0.25, 0.3) is 0 Å². The van der Waals surface area contributed by atoms with Crippen LogP contribution in [-0.2, 0) is 10.0 Å². The third-order valence-electron chi connectivity index (χ3n) is 2.00. The minimum Gasteiger partial charge on any atom is -0.492 e. The molecule has 1 aromatic carbocycles. The summed E-state index contributed by atoms with van der Waals surface area (Å²) < 4.78 is 26.7. The van der Waals surface area contributed by atoms with Crippen LogP contribution < -0.4 is 9.88 Å². The van der Waals surface area contributed by atoms with Crippen LogP contribution in [0.2, 0.25) is 10.0 Å². The van der Waals surface area contributed by atoms with Crippen LogP contribution in [-0.4, -0.2) is 20.8 Å². The lowest BCUT2D eigenvalue weighted by Crippen LogP contribution is -2.16. The number of nitrogens with two attached hydrogens (primary N) is 1. The van der Waals surface area contributed by atoms with Crippen molar-refractivity contribution in [1.29, 1.82) is 0 Å². The molecule has 1 aromatic rings. The van der Waals surface area contributed by atoms with Crippen LogP contribution in [0.5, 0.6) is 5.75 Å². The van der Waals surface area contributed by atoms with Crippen molar-refractivity contribution in [3.63, 3.8) is 0 Å². The highest BCUT2D eigenvalue weighted by molar-refractivity contribution is 7.89. The van der Waals surface area contributed by atoms with Crippen LogP contribution in [0, 0.1) is 0 Å². The van der Waals surface area contributed by atoms with Gasteiger partial charge in [0.15, 0.2) is 0 Å². The zero-order valence-electron chi connectivity index (χ0n) is 9.03. The molecule has 0 saturated carbocycles. The summed E-state index contributed by atoms with van der Waals surface area (Å²) in [7, 11) is -3.39. The molecule has 4 nitrogen and oxygen atoms in total. The highest BCUT2D eigenvalue weighted by Crippen LogP contribution is 2.31. The van der Waals surface area contributed by atoms with Gasteiger partial charge in [-0.3, -0.25) is 0 Å². The van der Waals surface area contributed by atoms with Crippen LogP contribution in [0.25, 0.3) is 0 Å². The third-order valence-corrected chi connectivity index (χ3v) is 3.66. The maximum Gasteiger partial charge on any atom is 0.209 e. The Morgan fingerprint density at radius 1 is 1.24 bits per heavy atom. The lowest BCUT2D eigenvalue weighted by atomic mass is 10.3. The Morgan fingerprint density at radius 2 is 1.94 bits per heavy atom. The summed E-state index contributed by atoms with van der Waals surface area (Å²) in [5.41, 5.74) is 0. The number of rotatable bonds is 6. The van der Waals surface area contributed by atoms with Crippen LogP contribution >= 0.6 is 23.2 Å². The van der Waals surface area contributed by atoms with Crippen LogP contribution in [0.3, 0.4) is 0 Å². The topological polar surface area (TPSA) is 69.4 Å². The second-order valence-electron chi connectivity index (χ2n) is 3.47. The maximum atomic E-state index is 10.7. The molecule has 0 saturated heterocycles. The van der Waals surface area contributed by atoms with E-state index in [1.165, 1.54) is 0 Å². The molecule has 0 atom stereocenters. The second kappa shape index (κ2) is 6.44. The standard InChI is InChI=1S/C10H13Cl2NO3S/c11-8-4-3-5-9(10(8)12)16-6-1-2-7-17(13,14)15/h3-5H,1-2,6-7H2,(H2,13,14,15). The van der Waals surface area contributed by atoms with E-state index in [1.807, 2.05) is 0 Å². The zero-order chi connectivity index (χ0) is 12.9. The van der Waals surface area contributed by atoms with Gasteiger partial charge in [0.1, 0.15) is 10.8 Å². The Morgan fingerprint density at radius 3 is 2.59 bits per heavy atom. The molecule has 7 heteroatoms. The Labute approximate surface area is 111 Å². The van der Waals surface area contributed by atoms with E-state index < -0.39 is 10.0 Å². The first-order valence-electron chi connectivity index (χ1n) is 4.97. The number of ether oxygens (including phenoxy) is 1. The molecule has 0 spiro atoms. The van der Waals surface area contributed by atoms with Gasteiger partial charge in [-0.05, 0) is 25.0 Å². The number of hydrogen-bond donors (Lipinski definition) is 1. The second-order valence-corrected chi connectivity index (χ2v) is 5.99. The molecule has 96 valence electrons. The first-order chi connectivity index (χ1) is 7.90. The molecule has 0 aliphatic rings. The monoisotopic (exact) mass is 297 g/mol. The maximum absolute atomic E-state index is 10.7. The van der Waals surface area contributed by atoms with Crippen molar-refractivity contribution in [1.82, 2.24) is 0 Å². The summed E-state index contributed by atoms with van der Waals surface area (Å²) in [6, 6.07) is 5.10. The fourth-order valence-corrected chi connectivity index (χ4v) is 2.14. The van der Waals surface area contributed by atoms with E-state index in [1.54, 1.807) is 18.2 Å². The van der Waals surface area contributed by atoms with Crippen molar-refractivity contribution in [3.05, 3.63) is 28.2 Å². The number of hydrogen-bond acceptors (Lipinski definition) is 3. The van der Waals surface area contributed by atoms with Gasteiger partial charge >= 0.3 is 0 Å². The fraction of sp³-hybridized carbons (Fsp3) is 0.400. The summed E-state index contributed by atoms with van der Waals surface area (Å²) in [6.07, 6.45) is 1.04. The van der Waals surface area contributed by atoms with Crippen molar-refractivity contribution in [2.75, 3.05) is 12.4 Å². The van der Waals surface area contributed by atoms with E-state index in [0.29, 0.717) is 35.2 Å². The molecular formula is C10H13Cl2NO3S. The summed E-state index contributed by atoms with van der Waals surface area (Å²) >= 11 is 11.7. The normalized spacial score (nSPS) is 11.5. The van der Waals surface area contributed by atoms with Gasteiger partial charge < -0.3 is 4.74 Å². The first-order valence-corrected chi connectivity index (χ1v) is 7.44. The van der Waals surface area contributed by atoms with Crippen molar-refractivity contribution >= 4 is 33.2 Å². The molecule has 0 heterocycles. The third kappa shape index (κ3) is 5.59. The quantitative estimate of drug-likeness (QED) is 0.820. The molecule has 0 radical (unpaired) electrons. The van der Waals surface area contributed by atoms with Gasteiger partial charge in [0, 0.05) is 0 Å². The van der Waals surface area contributed by atoms with Gasteiger partial charge in [0.2, 0.25) is 10.0 Å². The van der Waals surface area contributed by atoms with Crippen LogP contribution in [0.4, 0.5) is 0 Å². The molecule has 0 aliphatic heterocycles. The van der Waals surface area contributed by atoms with E-state index in [4.69, 9.17) is 33.1 Å². The Balaban J connectivity index is 2.34. The van der Waals surface area contributed by atoms with E-state index in [0.717, 1.165) is 0 Å². The Hall–Kier alpha value is -0.490. The summed E-state index contributed by atoms with van der Waals surface area (Å²) in [5.74, 6) is 0.453. The van der Waals surface area contributed by atoms with E-state index in [9.17, 15) is 8.42 Å². The molecular weight excluding hydrogens is 285 g/mol. The minimum atomic E-state index is -3.39. The van der Waals surface area contributed by atoms with Gasteiger partial charge in [-0.15, -0.1) is 0 Å². The number of sulfonamides is 1. The average molecular weight is 298 g/mol. The summed E-state index contributed by atoms with van der Waals surface area (Å²) in [6.45, 7) is 0.371. The highest BCUT2D eigenvalue weighted by Gasteiger charge is 2.06. The molecule has 0 amide bonds. The van der Waals surface area contributed by atoms with E-state index in [-0.39, 0.29) is 5.75 Å². The smallest absolute Gasteiger partial charge is 0.209 e. The molecule has 0 fully saturated rings. The first kappa shape index (κ1) is 14.6. The van der Waals surface area contributed by atoms with Gasteiger partial charge in [-0.1, -0.05) is 29.3 Å². The molecule has 0 unspecified atom stereocenters. The molecule has 2 N–H and O–H groups in total. The molecule has 1 rings (SSSR count). The fourth-order valence-electron chi connectivity index (χ4n) is 1.18. The number of benzene rings is 1. The largest absolute Gasteiger partial charge is 0.492 e. The lowest BCUT2D eigenvalue weighted by molar-refractivity contribution is 0.310. The predicted molar refractivity (Wildman–Crippen MR) is 69.2 cm³/mol. The van der Waals surface area contributed by atoms with Crippen LogP contribution in [0.1, 0.15) is 12.8 Å². The average Bonchev–Trinajstić information content (AvgIpc) is 2.22. The molecule has 0 bridgehead atoms. The van der Waals surface area contributed by atoms with Crippen LogP contribution in [0.15, 0.2) is 18.2 Å². The lowest BCUT2D eigenvalue weighted by Gasteiger charge is -2.08. The van der Waals surface area contributed by atoms with Gasteiger partial charge in [0.05, 0.1) is 17.4 Å². The van der Waals surface area contributed by atoms with Gasteiger partial charge in [-0.25, -0.2) is 13.6 Å². The molecule has 0 aliphatic carbocycles. The molecule has 17 heavy (non-hydrogen) atoms. The zero-order valence-corrected chi connectivity index (χ0v) is 11.4. The summed E-state index contributed by atoms with van der Waals surface area (Å²) in [5, 5.41) is 5.65. The van der Waals surface area contributed by atoms with Crippen molar-refractivity contribution in [3.8, 4) is 5.75 Å². The predicted octanol–water partition coefficient (Wildman–Crippen LogP) is 2.44. The Kier molecular flexibility index (Phi) is 5.52. The van der Waals surface area contributed by atoms with Crippen molar-refractivity contribution < 1.29 is 13.2 Å². The van der Waals surface area contributed by atoms with Crippen molar-refractivity contribution in [2.45, 2.75) is 12.8 Å². The van der Waals surface area contributed by atoms with E-state index >= 15 is 0 Å². The molecule has 0 aromatic heterocycles. The SMILES string of the molecule is NS(=O)(=O)CCCCOc1cccc(Cl)c1Cl. The van der Waals surface area contributed by atoms with Crippen molar-refractivity contribution in [2.24, 2.45) is 5.14 Å². The Bertz CT molecular complexity index is 476. The van der Waals surface area contributed by atoms with E-state index in [2.05, 4.69) is 0 Å². The number of primary sulfonamides is 1. The number of halogens is 2. The summed E-state index contributed by atoms with van der Waals surface area (Å²) in [4.78, 5) is 0.